The van der Waals surface area contributed by atoms with E-state index in [2.05, 4.69) is 246 Å². The minimum atomic E-state index is 0.413. The molecule has 0 saturated carbocycles. The number of nitriles is 1. The van der Waals surface area contributed by atoms with E-state index in [1.165, 1.54) is 25.6 Å². The van der Waals surface area contributed by atoms with E-state index in [9.17, 15) is 11.8 Å². The van der Waals surface area contributed by atoms with Gasteiger partial charge in [0, 0.05) is 63.6 Å². The maximum Gasteiger partial charge on any atom is 0.220 e. The van der Waals surface area contributed by atoms with Crippen molar-refractivity contribution in [2.45, 2.75) is 0 Å². The van der Waals surface area contributed by atoms with E-state index in [1.54, 1.807) is 22.7 Å². The predicted molar refractivity (Wildman–Crippen MR) is 333 cm³/mol. The summed E-state index contributed by atoms with van der Waals surface area (Å²) in [6.07, 6.45) is 0. The third-order valence-corrected chi connectivity index (χ3v) is 18.9. The number of aromatic nitrogens is 2. The number of fused-ring (bicyclic) bond motifs is 20. The van der Waals surface area contributed by atoms with Crippen LogP contribution in [0.1, 0.15) is 5.56 Å². The molecule has 358 valence electrons. The van der Waals surface area contributed by atoms with Crippen LogP contribution >= 0.6 is 22.7 Å². The molecule has 0 aliphatic heterocycles. The Morgan fingerprint density at radius 1 is 0.359 bits per heavy atom. The molecule has 4 heterocycles. The summed E-state index contributed by atoms with van der Waals surface area (Å²) in [5.41, 5.74) is 9.54. The minimum Gasteiger partial charge on any atom is -0.317 e. The summed E-state index contributed by atoms with van der Waals surface area (Å²) in [7, 11) is 0. The van der Waals surface area contributed by atoms with Crippen molar-refractivity contribution in [1.82, 2.24) is 9.13 Å². The van der Waals surface area contributed by atoms with E-state index < -0.39 is 0 Å². The van der Waals surface area contributed by atoms with Gasteiger partial charge in [0.2, 0.25) is 5.69 Å². The van der Waals surface area contributed by atoms with E-state index in [1.807, 2.05) is 0 Å². The third kappa shape index (κ3) is 5.74. The maximum absolute atomic E-state index is 12.7. The van der Waals surface area contributed by atoms with E-state index in [0.717, 1.165) is 130 Å². The maximum atomic E-state index is 12.7. The lowest BCUT2D eigenvalue weighted by molar-refractivity contribution is 1.14. The molecule has 4 nitrogen and oxygen atoms in total. The Labute approximate surface area is 454 Å². The van der Waals surface area contributed by atoms with Crippen LogP contribution in [0, 0.1) is 17.9 Å². The first-order valence-electron chi connectivity index (χ1n) is 26.2. The Morgan fingerprint density at radius 2 is 0.744 bits per heavy atom. The van der Waals surface area contributed by atoms with Crippen LogP contribution in [0.15, 0.2) is 231 Å². The molecule has 0 unspecified atom stereocenters. The first-order chi connectivity index (χ1) is 38.7. The zero-order chi connectivity index (χ0) is 51.3. The molecule has 78 heavy (non-hydrogen) atoms. The van der Waals surface area contributed by atoms with Crippen molar-refractivity contribution in [3.63, 3.8) is 0 Å². The summed E-state index contributed by atoms with van der Waals surface area (Å²) in [5, 5.41) is 30.3. The van der Waals surface area contributed by atoms with Crippen molar-refractivity contribution in [3.05, 3.63) is 248 Å². The van der Waals surface area contributed by atoms with E-state index in [4.69, 9.17) is 4.85 Å². The van der Waals surface area contributed by atoms with Crippen molar-refractivity contribution in [1.29, 1.82) is 5.26 Å². The van der Waals surface area contributed by atoms with Crippen molar-refractivity contribution < 1.29 is 0 Å². The second kappa shape index (κ2) is 16.2. The average Bonchev–Trinajstić information content (AvgIpc) is 4.32. The van der Waals surface area contributed by atoms with Crippen molar-refractivity contribution >= 4 is 155 Å². The second-order valence-corrected chi connectivity index (χ2v) is 22.5. The topological polar surface area (TPSA) is 38.0 Å². The molecule has 0 saturated heterocycles. The van der Waals surface area contributed by atoms with Gasteiger partial charge in [0.25, 0.3) is 0 Å². The molecule has 4 aromatic heterocycles. The molecule has 0 atom stereocenters. The van der Waals surface area contributed by atoms with Crippen LogP contribution in [-0.2, 0) is 0 Å². The summed E-state index contributed by atoms with van der Waals surface area (Å²) >= 11 is 3.60. The lowest BCUT2D eigenvalue weighted by Gasteiger charge is -2.27. The van der Waals surface area contributed by atoms with Gasteiger partial charge in [-0.15, -0.1) is 22.7 Å². The quantitative estimate of drug-likeness (QED) is 0.128. The highest BCUT2D eigenvalue weighted by molar-refractivity contribution is 7.27. The number of para-hydroxylation sites is 2. The average molecular weight is 1020 g/mol. The number of benzene rings is 13. The Hall–Kier alpha value is -10.1. The highest BCUT2D eigenvalue weighted by Crippen LogP contribution is 2.56. The molecule has 0 aliphatic carbocycles. The molecule has 0 bridgehead atoms. The smallest absolute Gasteiger partial charge is 0.220 e. The van der Waals surface area contributed by atoms with Gasteiger partial charge in [-0.25, -0.2) is 4.85 Å². The van der Waals surface area contributed by atoms with Crippen molar-refractivity contribution in [3.8, 4) is 39.7 Å². The molecule has 0 spiro atoms. The molecule has 0 fully saturated rings. The Balaban J connectivity index is 1.22. The molecule has 0 aliphatic rings. The lowest BCUT2D eigenvalue weighted by Crippen LogP contribution is -2.09. The molecule has 6 heteroatoms. The number of nitrogens with zero attached hydrogens (tertiary/aromatic N) is 4. The molecule has 0 amide bonds. The fourth-order valence-corrected chi connectivity index (χ4v) is 15.8. The Bertz CT molecular complexity index is 5390. The van der Waals surface area contributed by atoms with Gasteiger partial charge in [-0.1, -0.05) is 194 Å². The largest absolute Gasteiger partial charge is 0.317 e. The standard InChI is InChI=1S/C72H38N4S2/c1-74-66-64(57-38-41-18-2-4-20-43(41)45-22-6-8-24-47(45)57)59(40-73)67(75-60-30-14-10-26-49(60)53-34-36-55-51-28-12-16-32-62(51)77-71(55)68(53)75)65(58-39-42-19-3-5-21-44(42)46-23-7-9-25-48(46)58)70(66)76-61-31-15-11-27-50(61)54-35-37-56-52-29-13-17-33-63(52)78-72(56)69(54)76/h2-39H. The van der Waals surface area contributed by atoms with Gasteiger partial charge in [-0.3, -0.25) is 0 Å². The van der Waals surface area contributed by atoms with Crippen LogP contribution in [-0.4, -0.2) is 9.13 Å². The SMILES string of the molecule is [C-]#[N+]c1c(-c2cc3ccccc3c3ccccc23)c(C#N)c(-n2c3ccccc3c3ccc4c5ccccc5sc4c32)c(-c2cc3ccccc3c3ccccc23)c1-n1c2ccccc2c2ccc3c4ccccc4sc3c21. The number of rotatable bonds is 4. The summed E-state index contributed by atoms with van der Waals surface area (Å²) < 4.78 is 9.53. The number of hydrogen-bond acceptors (Lipinski definition) is 3. The van der Waals surface area contributed by atoms with Gasteiger partial charge in [-0.2, -0.15) is 5.26 Å². The fourth-order valence-electron chi connectivity index (χ4n) is 13.3. The van der Waals surface area contributed by atoms with Gasteiger partial charge < -0.3 is 9.13 Å². The third-order valence-electron chi connectivity index (χ3n) is 16.5. The van der Waals surface area contributed by atoms with Gasteiger partial charge in [0.1, 0.15) is 6.07 Å². The monoisotopic (exact) mass is 1020 g/mol. The summed E-state index contributed by atoms with van der Waals surface area (Å²) in [6, 6.07) is 85.7. The first kappa shape index (κ1) is 43.2. The van der Waals surface area contributed by atoms with Crippen LogP contribution in [0.2, 0.25) is 0 Å². The van der Waals surface area contributed by atoms with Gasteiger partial charge in [-0.05, 0) is 90.6 Å². The van der Waals surface area contributed by atoms with Crippen molar-refractivity contribution in [2.75, 3.05) is 0 Å². The molecule has 0 radical (unpaired) electrons. The Morgan fingerprint density at radius 3 is 1.23 bits per heavy atom. The number of thiophene rings is 2. The lowest BCUT2D eigenvalue weighted by atomic mass is 9.84. The van der Waals surface area contributed by atoms with Crippen LogP contribution < -0.4 is 0 Å². The highest BCUT2D eigenvalue weighted by Gasteiger charge is 2.34. The molecular formula is C72H38N4S2. The highest BCUT2D eigenvalue weighted by atomic mass is 32.1. The predicted octanol–water partition coefficient (Wildman–Crippen LogP) is 21.0. The zero-order valence-corrected chi connectivity index (χ0v) is 43.2. The Kier molecular flexibility index (Phi) is 8.98. The van der Waals surface area contributed by atoms with Crippen LogP contribution in [0.3, 0.4) is 0 Å². The van der Waals surface area contributed by atoms with Gasteiger partial charge >= 0.3 is 0 Å². The second-order valence-electron chi connectivity index (χ2n) is 20.4. The normalized spacial score (nSPS) is 12.1. The molecule has 0 N–H and O–H groups in total. The van der Waals surface area contributed by atoms with E-state index in [-0.39, 0.29) is 0 Å². The summed E-state index contributed by atoms with van der Waals surface area (Å²) in [5.74, 6) is 0. The minimum absolute atomic E-state index is 0.413. The van der Waals surface area contributed by atoms with Crippen LogP contribution in [0.25, 0.3) is 166 Å². The molecule has 17 aromatic rings. The fraction of sp³-hybridized carbons (Fsp3) is 0. The van der Waals surface area contributed by atoms with Crippen molar-refractivity contribution in [2.24, 2.45) is 0 Å². The van der Waals surface area contributed by atoms with Gasteiger partial charge in [0.15, 0.2) is 0 Å². The molecule has 17 rings (SSSR count). The zero-order valence-electron chi connectivity index (χ0n) is 41.5. The van der Waals surface area contributed by atoms with E-state index >= 15 is 0 Å². The summed E-state index contributed by atoms with van der Waals surface area (Å²) in [6.45, 7) is 9.92. The molecule has 13 aromatic carbocycles. The van der Waals surface area contributed by atoms with Crippen LogP contribution in [0.4, 0.5) is 5.69 Å². The number of hydrogen-bond donors (Lipinski definition) is 0. The van der Waals surface area contributed by atoms with Crippen LogP contribution in [0.5, 0.6) is 0 Å². The first-order valence-corrected chi connectivity index (χ1v) is 27.8. The van der Waals surface area contributed by atoms with Gasteiger partial charge in [0.05, 0.1) is 55.0 Å². The summed E-state index contributed by atoms with van der Waals surface area (Å²) in [4.78, 5) is 4.86. The molecular weight excluding hydrogens is 985 g/mol. The van der Waals surface area contributed by atoms with E-state index in [0.29, 0.717) is 16.8 Å².